The topological polar surface area (TPSA) is 0 Å². The predicted molar refractivity (Wildman–Crippen MR) is 225 cm³/mol. The molecule has 0 saturated carbocycles. The molecule has 0 unspecified atom stereocenters. The molecule has 0 aromatic heterocycles. The third-order valence-corrected chi connectivity index (χ3v) is 11.7. The number of hydrogen-bond acceptors (Lipinski definition) is 0. The highest BCUT2D eigenvalue weighted by molar-refractivity contribution is 6.25. The molecule has 0 spiro atoms. The van der Waals surface area contributed by atoms with Gasteiger partial charge in [0.25, 0.3) is 0 Å². The Kier molecular flexibility index (Phi) is 6.57. The van der Waals surface area contributed by atoms with Gasteiger partial charge in [0.1, 0.15) is 0 Å². The first-order valence-corrected chi connectivity index (χ1v) is 18.5. The minimum absolute atomic E-state index is 0.515. The lowest BCUT2D eigenvalue weighted by atomic mass is 9.66. The van der Waals surface area contributed by atoms with Crippen molar-refractivity contribution in [1.29, 1.82) is 0 Å². The van der Waals surface area contributed by atoms with E-state index < -0.39 is 5.41 Å². The summed E-state index contributed by atoms with van der Waals surface area (Å²) in [5.74, 6) is 0. The van der Waals surface area contributed by atoms with Crippen LogP contribution in [0.1, 0.15) is 22.3 Å². The Morgan fingerprint density at radius 1 is 0.264 bits per heavy atom. The monoisotopic (exact) mass is 670 g/mol. The molecule has 1 aliphatic carbocycles. The quantitative estimate of drug-likeness (QED) is 0.164. The van der Waals surface area contributed by atoms with Crippen molar-refractivity contribution >= 4 is 43.1 Å². The van der Waals surface area contributed by atoms with Crippen molar-refractivity contribution in [3.05, 3.63) is 229 Å². The number of rotatable bonds is 4. The molecular formula is C53H34. The molecule has 0 nitrogen and oxygen atoms in total. The fourth-order valence-corrected chi connectivity index (χ4v) is 9.67. The lowest BCUT2D eigenvalue weighted by Crippen LogP contribution is -2.28. The summed E-state index contributed by atoms with van der Waals surface area (Å²) in [4.78, 5) is 0. The van der Waals surface area contributed by atoms with E-state index in [1.54, 1.807) is 0 Å². The van der Waals surface area contributed by atoms with E-state index in [4.69, 9.17) is 0 Å². The van der Waals surface area contributed by atoms with Crippen LogP contribution in [0.25, 0.3) is 76.5 Å². The number of hydrogen-bond donors (Lipinski definition) is 0. The van der Waals surface area contributed by atoms with Crippen LogP contribution in [-0.2, 0) is 5.41 Å². The zero-order chi connectivity index (χ0) is 34.9. The molecule has 53 heavy (non-hydrogen) atoms. The largest absolute Gasteiger partial charge is 0.0719 e. The van der Waals surface area contributed by atoms with Crippen LogP contribution in [0.2, 0.25) is 0 Å². The summed E-state index contributed by atoms with van der Waals surface area (Å²) in [5.41, 5.74) is 12.5. The highest BCUT2D eigenvalue weighted by Gasteiger charge is 2.48. The molecule has 0 fully saturated rings. The van der Waals surface area contributed by atoms with Crippen LogP contribution in [0.3, 0.4) is 0 Å². The second kappa shape index (κ2) is 11.6. The maximum atomic E-state index is 2.48. The average molecular weight is 671 g/mol. The Balaban J connectivity index is 1.36. The highest BCUT2D eigenvalue weighted by Crippen LogP contribution is 2.61. The average Bonchev–Trinajstić information content (AvgIpc) is 3.55. The van der Waals surface area contributed by atoms with Crippen molar-refractivity contribution in [2.75, 3.05) is 0 Å². The number of fused-ring (bicyclic) bond motifs is 8. The maximum Gasteiger partial charge on any atom is 0.0719 e. The third-order valence-electron chi connectivity index (χ3n) is 11.7. The minimum Gasteiger partial charge on any atom is -0.0622 e. The molecule has 10 aromatic carbocycles. The van der Waals surface area contributed by atoms with E-state index in [2.05, 4.69) is 206 Å². The van der Waals surface area contributed by atoms with Crippen molar-refractivity contribution < 1.29 is 0 Å². The lowest BCUT2D eigenvalue weighted by Gasteiger charge is -2.35. The standard InChI is InChI=1S/C53H34/c1-3-21-37(22-4-1)53(38-23-5-2-6-24-38)48-33-16-15-31-46(48)51-47(34-36-19-8-10-26-40(36)52(51)53)50-44-29-13-11-27-42(44)49(43-28-12-14-30-45(43)50)41-32-17-20-35-18-7-9-25-39(35)41/h1-34H. The van der Waals surface area contributed by atoms with Gasteiger partial charge < -0.3 is 0 Å². The van der Waals surface area contributed by atoms with Gasteiger partial charge in [-0.05, 0) is 105 Å². The van der Waals surface area contributed by atoms with Gasteiger partial charge in [0.2, 0.25) is 0 Å². The van der Waals surface area contributed by atoms with E-state index >= 15 is 0 Å². The molecule has 0 saturated heterocycles. The first kappa shape index (κ1) is 29.9. The van der Waals surface area contributed by atoms with Gasteiger partial charge in [-0.2, -0.15) is 0 Å². The first-order valence-electron chi connectivity index (χ1n) is 18.5. The molecule has 246 valence electrons. The van der Waals surface area contributed by atoms with Crippen LogP contribution >= 0.6 is 0 Å². The molecule has 0 N–H and O–H groups in total. The summed E-state index contributed by atoms with van der Waals surface area (Å²) in [5, 5.41) is 10.1. The molecule has 0 heterocycles. The van der Waals surface area contributed by atoms with Gasteiger partial charge in [-0.3, -0.25) is 0 Å². The Bertz CT molecular complexity index is 2940. The summed E-state index contributed by atoms with van der Waals surface area (Å²) in [6.07, 6.45) is 0. The van der Waals surface area contributed by atoms with Gasteiger partial charge >= 0.3 is 0 Å². The zero-order valence-electron chi connectivity index (χ0n) is 29.1. The molecule has 11 rings (SSSR count). The molecular weight excluding hydrogens is 637 g/mol. The van der Waals surface area contributed by atoms with Gasteiger partial charge in [0, 0.05) is 0 Å². The molecule has 0 amide bonds. The van der Waals surface area contributed by atoms with E-state index in [0.717, 1.165) is 0 Å². The fourth-order valence-electron chi connectivity index (χ4n) is 9.67. The van der Waals surface area contributed by atoms with E-state index in [-0.39, 0.29) is 0 Å². The van der Waals surface area contributed by atoms with Crippen LogP contribution in [0, 0.1) is 0 Å². The molecule has 0 atom stereocenters. The number of benzene rings is 10. The van der Waals surface area contributed by atoms with Gasteiger partial charge in [-0.25, -0.2) is 0 Å². The Morgan fingerprint density at radius 2 is 0.698 bits per heavy atom. The van der Waals surface area contributed by atoms with Gasteiger partial charge in [0.05, 0.1) is 5.41 Å². The van der Waals surface area contributed by atoms with Crippen LogP contribution in [-0.4, -0.2) is 0 Å². The Hall–Kier alpha value is -6.76. The van der Waals surface area contributed by atoms with Crippen molar-refractivity contribution in [2.24, 2.45) is 0 Å². The molecule has 10 aromatic rings. The third kappa shape index (κ3) is 4.18. The summed E-state index contributed by atoms with van der Waals surface area (Å²) in [7, 11) is 0. The highest BCUT2D eigenvalue weighted by atomic mass is 14.5. The molecule has 0 bridgehead atoms. The Morgan fingerprint density at radius 3 is 1.32 bits per heavy atom. The Labute approximate surface area is 309 Å². The van der Waals surface area contributed by atoms with Crippen molar-refractivity contribution in [3.8, 4) is 33.4 Å². The normalized spacial score (nSPS) is 13.1. The maximum absolute atomic E-state index is 2.48. The summed E-state index contributed by atoms with van der Waals surface area (Å²) >= 11 is 0. The van der Waals surface area contributed by atoms with E-state index in [0.29, 0.717) is 0 Å². The SMILES string of the molecule is c1ccc(C2(c3ccccc3)c3ccccc3-c3c(-c4c5ccccc5c(-c5cccc6ccccc56)c5ccccc45)cc4ccccc4c32)cc1. The zero-order valence-corrected chi connectivity index (χ0v) is 29.1. The molecule has 0 radical (unpaired) electrons. The van der Waals surface area contributed by atoms with Gasteiger partial charge in [-0.15, -0.1) is 0 Å². The van der Waals surface area contributed by atoms with Crippen LogP contribution in [0.15, 0.2) is 206 Å². The lowest BCUT2D eigenvalue weighted by molar-refractivity contribution is 0.775. The minimum atomic E-state index is -0.515. The summed E-state index contributed by atoms with van der Waals surface area (Å²) < 4.78 is 0. The van der Waals surface area contributed by atoms with Crippen molar-refractivity contribution in [1.82, 2.24) is 0 Å². The predicted octanol–water partition coefficient (Wildman–Crippen LogP) is 14.0. The van der Waals surface area contributed by atoms with Gasteiger partial charge in [-0.1, -0.05) is 200 Å². The second-order valence-electron chi connectivity index (χ2n) is 14.3. The van der Waals surface area contributed by atoms with Crippen molar-refractivity contribution in [3.63, 3.8) is 0 Å². The summed E-state index contributed by atoms with van der Waals surface area (Å²) in [6.45, 7) is 0. The first-order chi connectivity index (χ1) is 26.3. The molecule has 1 aliphatic rings. The molecule has 0 aliphatic heterocycles. The van der Waals surface area contributed by atoms with E-state index in [1.165, 1.54) is 98.7 Å². The van der Waals surface area contributed by atoms with Crippen molar-refractivity contribution in [2.45, 2.75) is 5.41 Å². The fraction of sp³-hybridized carbons (Fsp3) is 0.0189. The van der Waals surface area contributed by atoms with E-state index in [1.807, 2.05) is 0 Å². The van der Waals surface area contributed by atoms with E-state index in [9.17, 15) is 0 Å². The summed E-state index contributed by atoms with van der Waals surface area (Å²) in [6, 6.07) is 76.7. The van der Waals surface area contributed by atoms with Gasteiger partial charge in [0.15, 0.2) is 0 Å². The van der Waals surface area contributed by atoms with Crippen LogP contribution in [0.5, 0.6) is 0 Å². The van der Waals surface area contributed by atoms with Crippen LogP contribution in [0.4, 0.5) is 0 Å². The second-order valence-corrected chi connectivity index (χ2v) is 14.3. The smallest absolute Gasteiger partial charge is 0.0622 e. The van der Waals surface area contributed by atoms with Crippen LogP contribution < -0.4 is 0 Å². The molecule has 0 heteroatoms.